The monoisotopic (exact) mass is 288 g/mol. The lowest BCUT2D eigenvalue weighted by Crippen LogP contribution is -2.67. The Morgan fingerprint density at radius 3 is 2.52 bits per heavy atom. The van der Waals surface area contributed by atoms with E-state index in [4.69, 9.17) is 0 Å². The highest BCUT2D eigenvalue weighted by Crippen LogP contribution is 2.25. The molecular formula is C17H24N2O2. The summed E-state index contributed by atoms with van der Waals surface area (Å²) in [4.78, 5) is 26.7. The van der Waals surface area contributed by atoms with Gasteiger partial charge in [-0.05, 0) is 38.3 Å². The number of carbonyl (C=O) groups is 2. The van der Waals surface area contributed by atoms with E-state index in [9.17, 15) is 9.59 Å². The van der Waals surface area contributed by atoms with E-state index in [1.54, 1.807) is 18.7 Å². The average molecular weight is 288 g/mol. The van der Waals surface area contributed by atoms with E-state index >= 15 is 0 Å². The highest BCUT2D eigenvalue weighted by molar-refractivity contribution is 5.99. The Morgan fingerprint density at radius 2 is 1.90 bits per heavy atom. The zero-order chi connectivity index (χ0) is 15.6. The van der Waals surface area contributed by atoms with E-state index in [1.165, 1.54) is 0 Å². The Morgan fingerprint density at radius 1 is 1.24 bits per heavy atom. The molecule has 1 heterocycles. The topological polar surface area (TPSA) is 49.4 Å². The molecule has 1 aliphatic rings. The van der Waals surface area contributed by atoms with Gasteiger partial charge in [-0.25, -0.2) is 0 Å². The molecule has 1 N–H and O–H groups in total. The van der Waals surface area contributed by atoms with Crippen LogP contribution in [0.15, 0.2) is 24.3 Å². The molecule has 0 radical (unpaired) electrons. The minimum Gasteiger partial charge on any atom is -0.342 e. The predicted molar refractivity (Wildman–Crippen MR) is 82.6 cm³/mol. The Labute approximate surface area is 126 Å². The molecule has 4 heteroatoms. The van der Waals surface area contributed by atoms with Gasteiger partial charge in [-0.15, -0.1) is 0 Å². The van der Waals surface area contributed by atoms with Crippen molar-refractivity contribution in [3.05, 3.63) is 35.4 Å². The number of benzene rings is 1. The van der Waals surface area contributed by atoms with E-state index in [0.29, 0.717) is 13.0 Å². The molecule has 1 fully saturated rings. The third-order valence-electron chi connectivity index (χ3n) is 4.27. The number of carbonyl (C=O) groups excluding carboxylic acids is 2. The van der Waals surface area contributed by atoms with Crippen molar-refractivity contribution in [1.29, 1.82) is 0 Å². The SMILES string of the molecule is CCCC1NC(=O)C(C)(C)N(Cc2ccccc2C)C1=O. The first-order valence-corrected chi connectivity index (χ1v) is 7.55. The van der Waals surface area contributed by atoms with Crippen molar-refractivity contribution in [3.63, 3.8) is 0 Å². The van der Waals surface area contributed by atoms with Crippen molar-refractivity contribution < 1.29 is 9.59 Å². The van der Waals surface area contributed by atoms with Gasteiger partial charge in [0.05, 0.1) is 0 Å². The van der Waals surface area contributed by atoms with Crippen LogP contribution in [0.3, 0.4) is 0 Å². The molecule has 2 rings (SSSR count). The van der Waals surface area contributed by atoms with Crippen LogP contribution in [0.2, 0.25) is 0 Å². The summed E-state index contributed by atoms with van der Waals surface area (Å²) in [6.45, 7) is 8.14. The second-order valence-electron chi connectivity index (χ2n) is 6.22. The number of rotatable bonds is 4. The average Bonchev–Trinajstić information content (AvgIpc) is 2.43. The fourth-order valence-corrected chi connectivity index (χ4v) is 2.70. The van der Waals surface area contributed by atoms with Crippen LogP contribution in [-0.2, 0) is 16.1 Å². The first-order valence-electron chi connectivity index (χ1n) is 7.55. The van der Waals surface area contributed by atoms with Crippen LogP contribution in [0.1, 0.15) is 44.7 Å². The zero-order valence-electron chi connectivity index (χ0n) is 13.3. The number of nitrogens with zero attached hydrogens (tertiary/aromatic N) is 1. The highest BCUT2D eigenvalue weighted by atomic mass is 16.2. The molecular weight excluding hydrogens is 264 g/mol. The summed E-state index contributed by atoms with van der Waals surface area (Å²) < 4.78 is 0. The summed E-state index contributed by atoms with van der Waals surface area (Å²) in [6.07, 6.45) is 1.56. The van der Waals surface area contributed by atoms with Crippen molar-refractivity contribution >= 4 is 11.8 Å². The fourth-order valence-electron chi connectivity index (χ4n) is 2.70. The molecule has 2 amide bonds. The van der Waals surface area contributed by atoms with Crippen LogP contribution >= 0.6 is 0 Å². The van der Waals surface area contributed by atoms with Gasteiger partial charge in [0.15, 0.2) is 0 Å². The molecule has 0 spiro atoms. The van der Waals surface area contributed by atoms with Crippen LogP contribution in [0, 0.1) is 6.92 Å². The molecule has 21 heavy (non-hydrogen) atoms. The molecule has 0 saturated carbocycles. The number of hydrogen-bond acceptors (Lipinski definition) is 2. The molecule has 4 nitrogen and oxygen atoms in total. The number of aryl methyl sites for hydroxylation is 1. The van der Waals surface area contributed by atoms with Gasteiger partial charge in [-0.2, -0.15) is 0 Å². The summed E-state index contributed by atoms with van der Waals surface area (Å²) in [6, 6.07) is 7.60. The molecule has 114 valence electrons. The molecule has 0 aliphatic carbocycles. The van der Waals surface area contributed by atoms with E-state index in [1.807, 2.05) is 38.1 Å². The van der Waals surface area contributed by atoms with Crippen molar-refractivity contribution in [3.8, 4) is 0 Å². The lowest BCUT2D eigenvalue weighted by molar-refractivity contribution is -0.156. The lowest BCUT2D eigenvalue weighted by atomic mass is 9.93. The minimum atomic E-state index is -0.816. The first kappa shape index (κ1) is 15.5. The van der Waals surface area contributed by atoms with Crippen LogP contribution in [0.5, 0.6) is 0 Å². The smallest absolute Gasteiger partial charge is 0.246 e. The summed E-state index contributed by atoms with van der Waals surface area (Å²) in [5.41, 5.74) is 1.41. The normalized spacial score (nSPS) is 21.3. The van der Waals surface area contributed by atoms with Gasteiger partial charge < -0.3 is 10.2 Å². The van der Waals surface area contributed by atoms with Crippen molar-refractivity contribution in [2.45, 2.75) is 58.7 Å². The van der Waals surface area contributed by atoms with E-state index in [2.05, 4.69) is 5.32 Å². The maximum atomic E-state index is 12.7. The predicted octanol–water partition coefficient (Wildman–Crippen LogP) is 2.40. The Kier molecular flexibility index (Phi) is 4.35. The molecule has 1 unspecified atom stereocenters. The van der Waals surface area contributed by atoms with Crippen LogP contribution in [0.25, 0.3) is 0 Å². The summed E-state index contributed by atoms with van der Waals surface area (Å²) >= 11 is 0. The largest absolute Gasteiger partial charge is 0.342 e. The fraction of sp³-hybridized carbons (Fsp3) is 0.529. The highest BCUT2D eigenvalue weighted by Gasteiger charge is 2.45. The summed E-state index contributed by atoms with van der Waals surface area (Å²) in [7, 11) is 0. The zero-order valence-corrected chi connectivity index (χ0v) is 13.3. The van der Waals surface area contributed by atoms with E-state index in [0.717, 1.165) is 17.5 Å². The molecule has 1 saturated heterocycles. The maximum absolute atomic E-state index is 12.7. The third kappa shape index (κ3) is 2.94. The Hall–Kier alpha value is -1.84. The number of piperazine rings is 1. The van der Waals surface area contributed by atoms with Gasteiger partial charge in [0, 0.05) is 6.54 Å². The standard InChI is InChI=1S/C17H24N2O2/c1-5-8-14-15(20)19(17(3,4)16(21)18-14)11-13-10-7-6-9-12(13)2/h6-7,9-10,14H,5,8,11H2,1-4H3,(H,18,21). The molecule has 1 aliphatic heterocycles. The molecule has 1 aromatic carbocycles. The van der Waals surface area contributed by atoms with E-state index in [-0.39, 0.29) is 17.9 Å². The second-order valence-corrected chi connectivity index (χ2v) is 6.22. The summed E-state index contributed by atoms with van der Waals surface area (Å²) in [5, 5.41) is 2.86. The van der Waals surface area contributed by atoms with Crippen LogP contribution < -0.4 is 5.32 Å². The molecule has 1 aromatic rings. The Bertz CT molecular complexity index is 551. The van der Waals surface area contributed by atoms with E-state index < -0.39 is 5.54 Å². The second kappa shape index (κ2) is 5.88. The molecule has 1 atom stereocenters. The van der Waals surface area contributed by atoms with Crippen molar-refractivity contribution in [2.75, 3.05) is 0 Å². The van der Waals surface area contributed by atoms with Crippen molar-refractivity contribution in [2.24, 2.45) is 0 Å². The molecule has 0 bridgehead atoms. The van der Waals surface area contributed by atoms with Gasteiger partial charge in [-0.3, -0.25) is 9.59 Å². The van der Waals surface area contributed by atoms with Gasteiger partial charge in [0.25, 0.3) is 0 Å². The maximum Gasteiger partial charge on any atom is 0.246 e. The van der Waals surface area contributed by atoms with Gasteiger partial charge in [0.1, 0.15) is 11.6 Å². The van der Waals surface area contributed by atoms with Crippen LogP contribution in [-0.4, -0.2) is 28.3 Å². The third-order valence-corrected chi connectivity index (χ3v) is 4.27. The van der Waals surface area contributed by atoms with Gasteiger partial charge in [0.2, 0.25) is 11.8 Å². The van der Waals surface area contributed by atoms with Gasteiger partial charge >= 0.3 is 0 Å². The first-order chi connectivity index (χ1) is 9.87. The molecule has 0 aromatic heterocycles. The van der Waals surface area contributed by atoms with Gasteiger partial charge in [-0.1, -0.05) is 37.6 Å². The summed E-state index contributed by atoms with van der Waals surface area (Å²) in [5.74, 6) is -0.0566. The minimum absolute atomic E-state index is 0.0182. The number of amides is 2. The van der Waals surface area contributed by atoms with Crippen LogP contribution in [0.4, 0.5) is 0 Å². The quantitative estimate of drug-likeness (QED) is 0.925. The Balaban J connectivity index is 2.30. The lowest BCUT2D eigenvalue weighted by Gasteiger charge is -2.44. The number of nitrogens with one attached hydrogen (secondary N) is 1. The van der Waals surface area contributed by atoms with Crippen molar-refractivity contribution in [1.82, 2.24) is 10.2 Å². The number of hydrogen-bond donors (Lipinski definition) is 1.